The molecule has 5 nitrogen and oxygen atoms in total. The van der Waals surface area contributed by atoms with Gasteiger partial charge in [0.05, 0.1) is 5.02 Å². The second kappa shape index (κ2) is 6.37. The summed E-state index contributed by atoms with van der Waals surface area (Å²) in [6.45, 7) is -0.765. The van der Waals surface area contributed by atoms with Crippen LogP contribution in [0.1, 0.15) is 0 Å². The van der Waals surface area contributed by atoms with Crippen LogP contribution in [0.25, 0.3) is 0 Å². The smallest absolute Gasteiger partial charge is 0.480 e. The van der Waals surface area contributed by atoms with Gasteiger partial charge in [0.1, 0.15) is 12.3 Å². The van der Waals surface area contributed by atoms with Crippen LogP contribution in [-0.4, -0.2) is 29.9 Å². The van der Waals surface area contributed by atoms with E-state index in [9.17, 15) is 22.8 Å². The zero-order valence-corrected chi connectivity index (χ0v) is 10.9. The van der Waals surface area contributed by atoms with Gasteiger partial charge >= 0.3 is 18.2 Å². The van der Waals surface area contributed by atoms with E-state index < -0.39 is 35.6 Å². The molecule has 9 heteroatoms. The standard InChI is InChI=1S/C12H7ClF3NO4/c1-2-10(18)17(6-11(19)20)7-3-4-9(8(13)5-7)21-12(14,15)16/h1,3-5H,6H2,(H,19,20). The molecule has 0 heterocycles. The third-order valence-corrected chi connectivity index (χ3v) is 2.41. The van der Waals surface area contributed by atoms with Crippen LogP contribution in [-0.2, 0) is 9.59 Å². The number of carbonyl (C=O) groups excluding carboxylic acids is 1. The van der Waals surface area contributed by atoms with E-state index in [1.807, 2.05) is 0 Å². The number of benzene rings is 1. The van der Waals surface area contributed by atoms with E-state index in [4.69, 9.17) is 23.1 Å². The summed E-state index contributed by atoms with van der Waals surface area (Å²) in [6.07, 6.45) is -0.0334. The van der Waals surface area contributed by atoms with Gasteiger partial charge in [-0.15, -0.1) is 19.6 Å². The highest BCUT2D eigenvalue weighted by atomic mass is 35.5. The first-order valence-electron chi connectivity index (χ1n) is 5.19. The van der Waals surface area contributed by atoms with Crippen molar-refractivity contribution in [2.24, 2.45) is 0 Å². The van der Waals surface area contributed by atoms with Crippen LogP contribution in [0.4, 0.5) is 18.9 Å². The van der Waals surface area contributed by atoms with Crippen molar-refractivity contribution in [1.82, 2.24) is 0 Å². The molecule has 1 aromatic carbocycles. The first-order valence-corrected chi connectivity index (χ1v) is 5.57. The fourth-order valence-electron chi connectivity index (χ4n) is 1.36. The Morgan fingerprint density at radius 1 is 1.43 bits per heavy atom. The number of terminal acetylenes is 1. The average molecular weight is 322 g/mol. The molecule has 1 aromatic rings. The minimum Gasteiger partial charge on any atom is -0.480 e. The predicted octanol–water partition coefficient (Wildman–Crippen LogP) is 2.29. The Kier molecular flexibility index (Phi) is 5.05. The van der Waals surface area contributed by atoms with Crippen molar-refractivity contribution in [2.75, 3.05) is 11.4 Å². The van der Waals surface area contributed by atoms with Crippen LogP contribution < -0.4 is 9.64 Å². The summed E-state index contributed by atoms with van der Waals surface area (Å²) in [5.74, 6) is -1.30. The molecule has 0 aliphatic rings. The fraction of sp³-hybridized carbons (Fsp3) is 0.167. The molecule has 1 amide bonds. The van der Waals surface area contributed by atoms with Crippen LogP contribution in [0.2, 0.25) is 5.02 Å². The van der Waals surface area contributed by atoms with Crippen molar-refractivity contribution in [3.63, 3.8) is 0 Å². The van der Waals surface area contributed by atoms with Gasteiger partial charge in [0.2, 0.25) is 0 Å². The molecule has 0 fully saturated rings. The maximum Gasteiger partial charge on any atom is 0.573 e. The summed E-state index contributed by atoms with van der Waals surface area (Å²) < 4.78 is 39.9. The first kappa shape index (κ1) is 16.7. The Morgan fingerprint density at radius 2 is 2.05 bits per heavy atom. The highest BCUT2D eigenvalue weighted by Crippen LogP contribution is 2.33. The first-order chi connectivity index (χ1) is 9.64. The van der Waals surface area contributed by atoms with Gasteiger partial charge in [0.15, 0.2) is 0 Å². The number of hydrogen-bond acceptors (Lipinski definition) is 3. The number of hydrogen-bond donors (Lipinski definition) is 1. The lowest BCUT2D eigenvalue weighted by Crippen LogP contribution is -2.34. The molecule has 0 aromatic heterocycles. The van der Waals surface area contributed by atoms with Gasteiger partial charge in [-0.1, -0.05) is 11.6 Å². The lowest BCUT2D eigenvalue weighted by molar-refractivity contribution is -0.274. The second-order valence-electron chi connectivity index (χ2n) is 3.59. The van der Waals surface area contributed by atoms with Gasteiger partial charge in [0, 0.05) is 5.69 Å². The molecule has 0 atom stereocenters. The maximum atomic E-state index is 12.1. The molecule has 0 bridgehead atoms. The van der Waals surface area contributed by atoms with E-state index in [0.717, 1.165) is 18.2 Å². The SMILES string of the molecule is C#CC(=O)N(CC(=O)O)c1ccc(OC(F)(F)F)c(Cl)c1. The number of amides is 1. The van der Waals surface area contributed by atoms with Crippen LogP contribution in [0, 0.1) is 12.3 Å². The third kappa shape index (κ3) is 4.89. The molecule has 0 aliphatic carbocycles. The van der Waals surface area contributed by atoms with E-state index in [1.165, 1.54) is 0 Å². The zero-order chi connectivity index (χ0) is 16.2. The minimum atomic E-state index is -4.93. The molecule has 112 valence electrons. The molecule has 1 N–H and O–H groups in total. The van der Waals surface area contributed by atoms with Gasteiger partial charge in [-0.2, -0.15) is 0 Å². The van der Waals surface area contributed by atoms with Crippen LogP contribution in [0.5, 0.6) is 5.75 Å². The maximum absolute atomic E-state index is 12.1. The van der Waals surface area contributed by atoms with Crippen LogP contribution in [0.15, 0.2) is 18.2 Å². The van der Waals surface area contributed by atoms with Crippen molar-refractivity contribution in [3.8, 4) is 18.1 Å². The second-order valence-corrected chi connectivity index (χ2v) is 4.00. The van der Waals surface area contributed by atoms with Crippen molar-refractivity contribution in [3.05, 3.63) is 23.2 Å². The number of rotatable bonds is 4. The number of alkyl halides is 3. The third-order valence-electron chi connectivity index (χ3n) is 2.11. The average Bonchev–Trinajstić information content (AvgIpc) is 2.36. The monoisotopic (exact) mass is 321 g/mol. The molecule has 0 saturated heterocycles. The van der Waals surface area contributed by atoms with Gasteiger partial charge in [0.25, 0.3) is 0 Å². The summed E-state index contributed by atoms with van der Waals surface area (Å²) in [4.78, 5) is 22.8. The number of halogens is 4. The molecule has 0 spiro atoms. The largest absolute Gasteiger partial charge is 0.573 e. The summed E-state index contributed by atoms with van der Waals surface area (Å²) in [7, 11) is 0. The van der Waals surface area contributed by atoms with E-state index in [0.29, 0.717) is 4.90 Å². The Labute approximate surface area is 121 Å². The minimum absolute atomic E-state index is 0.0696. The van der Waals surface area contributed by atoms with Crippen molar-refractivity contribution in [1.29, 1.82) is 0 Å². The van der Waals surface area contributed by atoms with Gasteiger partial charge < -0.3 is 9.84 Å². The molecular formula is C12H7ClF3NO4. The molecule has 0 aliphatic heterocycles. The molecule has 0 saturated carbocycles. The van der Waals surface area contributed by atoms with E-state index in [2.05, 4.69) is 4.74 Å². The van der Waals surface area contributed by atoms with Gasteiger partial charge in [-0.05, 0) is 24.1 Å². The summed E-state index contributed by atoms with van der Waals surface area (Å²) in [5, 5.41) is 8.24. The van der Waals surface area contributed by atoms with Crippen molar-refractivity contribution >= 4 is 29.2 Å². The normalized spacial score (nSPS) is 10.6. The fourth-order valence-corrected chi connectivity index (χ4v) is 1.57. The zero-order valence-electron chi connectivity index (χ0n) is 10.1. The number of carboxylic acids is 1. The van der Waals surface area contributed by atoms with Crippen molar-refractivity contribution < 1.29 is 32.6 Å². The number of aliphatic carboxylic acids is 1. The Balaban J connectivity index is 3.12. The number of carboxylic acid groups (broad SMARTS) is 1. The topological polar surface area (TPSA) is 66.8 Å². The lowest BCUT2D eigenvalue weighted by Gasteiger charge is -2.19. The van der Waals surface area contributed by atoms with E-state index >= 15 is 0 Å². The predicted molar refractivity (Wildman–Crippen MR) is 67.0 cm³/mol. The number of carbonyl (C=O) groups is 2. The summed E-state index contributed by atoms with van der Waals surface area (Å²) >= 11 is 5.60. The molecule has 0 unspecified atom stereocenters. The number of anilines is 1. The highest BCUT2D eigenvalue weighted by Gasteiger charge is 2.32. The Hall–Kier alpha value is -2.40. The van der Waals surface area contributed by atoms with Crippen molar-refractivity contribution in [2.45, 2.75) is 6.36 Å². The van der Waals surface area contributed by atoms with Gasteiger partial charge in [-0.25, -0.2) is 0 Å². The van der Waals surface area contributed by atoms with Crippen LogP contribution in [0.3, 0.4) is 0 Å². The molecular weight excluding hydrogens is 315 g/mol. The molecule has 0 radical (unpaired) electrons. The Bertz CT molecular complexity index is 610. The molecule has 1 rings (SSSR count). The lowest BCUT2D eigenvalue weighted by atomic mass is 10.2. The number of nitrogens with zero attached hydrogens (tertiary/aromatic N) is 1. The van der Waals surface area contributed by atoms with Crippen LogP contribution >= 0.6 is 11.6 Å². The van der Waals surface area contributed by atoms with Gasteiger partial charge in [-0.3, -0.25) is 14.5 Å². The highest BCUT2D eigenvalue weighted by molar-refractivity contribution is 6.32. The quantitative estimate of drug-likeness (QED) is 0.864. The Morgan fingerprint density at radius 3 is 2.48 bits per heavy atom. The summed E-state index contributed by atoms with van der Waals surface area (Å²) in [6, 6.07) is 2.83. The summed E-state index contributed by atoms with van der Waals surface area (Å²) in [5.41, 5.74) is -0.0696. The van der Waals surface area contributed by atoms with E-state index in [-0.39, 0.29) is 5.69 Å². The number of ether oxygens (including phenoxy) is 1. The van der Waals surface area contributed by atoms with E-state index in [1.54, 1.807) is 5.92 Å². The molecule has 21 heavy (non-hydrogen) atoms.